The van der Waals surface area contributed by atoms with E-state index in [0.717, 1.165) is 28.4 Å². The molecule has 6 heteroatoms. The van der Waals surface area contributed by atoms with Gasteiger partial charge in [0.05, 0.1) is 0 Å². The summed E-state index contributed by atoms with van der Waals surface area (Å²) in [7, 11) is 0. The van der Waals surface area contributed by atoms with Crippen LogP contribution < -0.4 is 5.32 Å². The number of H-pyrrole nitrogens is 2. The molecule has 0 saturated carbocycles. The summed E-state index contributed by atoms with van der Waals surface area (Å²) >= 11 is 0. The van der Waals surface area contributed by atoms with Gasteiger partial charge in [-0.3, -0.25) is 9.59 Å². The monoisotopic (exact) mass is 403 g/mol. The number of hydrogen-bond donors (Lipinski definition) is 3. The fourth-order valence-corrected chi connectivity index (χ4v) is 3.71. The average molecular weight is 403 g/mol. The molecule has 1 amide bonds. The Hall–Kier alpha value is -3.54. The lowest BCUT2D eigenvalue weighted by Gasteiger charge is -2.06. The van der Waals surface area contributed by atoms with Crippen molar-refractivity contribution in [2.24, 2.45) is 0 Å². The summed E-state index contributed by atoms with van der Waals surface area (Å²) in [5.74, 6) is -0.624. The molecular formula is C24H25N3O3. The van der Waals surface area contributed by atoms with E-state index < -0.39 is 0 Å². The number of carbonyl (C=O) groups excluding carboxylic acids is 2. The number of para-hydroxylation sites is 2. The first-order valence-corrected chi connectivity index (χ1v) is 10.2. The van der Waals surface area contributed by atoms with Crippen molar-refractivity contribution in [1.29, 1.82) is 0 Å². The zero-order chi connectivity index (χ0) is 20.8. The number of carbonyl (C=O) groups is 2. The first kappa shape index (κ1) is 19.8. The van der Waals surface area contributed by atoms with E-state index in [4.69, 9.17) is 4.74 Å². The zero-order valence-corrected chi connectivity index (χ0v) is 16.7. The van der Waals surface area contributed by atoms with Gasteiger partial charge in [0.25, 0.3) is 5.91 Å². The van der Waals surface area contributed by atoms with Crippen LogP contribution in [0.25, 0.3) is 21.8 Å². The van der Waals surface area contributed by atoms with Crippen LogP contribution in [0.2, 0.25) is 0 Å². The Morgan fingerprint density at radius 2 is 1.43 bits per heavy atom. The zero-order valence-electron chi connectivity index (χ0n) is 16.7. The predicted octanol–water partition coefficient (Wildman–Crippen LogP) is 3.87. The molecule has 0 fully saturated rings. The standard InChI is InChI=1S/C24H25N3O3/c28-23(25-13-12-18-15-27-22-10-4-2-8-20(18)22)16-30-24(29)11-5-6-17-14-26-21-9-3-1-7-19(17)21/h1-4,7-10,14-15,26-27H,5-6,11-13,16H2,(H,25,28). The van der Waals surface area contributed by atoms with Gasteiger partial charge in [-0.2, -0.15) is 0 Å². The molecule has 0 unspecified atom stereocenters. The Labute approximate surface area is 174 Å². The first-order valence-electron chi connectivity index (χ1n) is 10.2. The molecule has 0 radical (unpaired) electrons. The second-order valence-electron chi connectivity index (χ2n) is 7.33. The van der Waals surface area contributed by atoms with Gasteiger partial charge in [0.1, 0.15) is 0 Å². The Bertz CT molecular complexity index is 1070. The Morgan fingerprint density at radius 3 is 2.10 bits per heavy atom. The fraction of sp³-hybridized carbons (Fsp3) is 0.250. The van der Waals surface area contributed by atoms with Crippen molar-refractivity contribution in [3.63, 3.8) is 0 Å². The second-order valence-corrected chi connectivity index (χ2v) is 7.33. The van der Waals surface area contributed by atoms with Crippen LogP contribution in [0.5, 0.6) is 0 Å². The van der Waals surface area contributed by atoms with Crippen LogP contribution in [0, 0.1) is 0 Å². The third-order valence-corrected chi connectivity index (χ3v) is 5.26. The lowest BCUT2D eigenvalue weighted by molar-refractivity contribution is -0.148. The van der Waals surface area contributed by atoms with Gasteiger partial charge < -0.3 is 20.0 Å². The second kappa shape index (κ2) is 9.31. The van der Waals surface area contributed by atoms with Crippen molar-refractivity contribution in [3.8, 4) is 0 Å². The van der Waals surface area contributed by atoms with Crippen molar-refractivity contribution < 1.29 is 14.3 Å². The van der Waals surface area contributed by atoms with Crippen LogP contribution in [-0.4, -0.2) is 35.0 Å². The summed E-state index contributed by atoms with van der Waals surface area (Å²) in [5.41, 5.74) is 4.52. The normalized spacial score (nSPS) is 11.1. The molecule has 2 heterocycles. The van der Waals surface area contributed by atoms with Crippen molar-refractivity contribution in [2.75, 3.05) is 13.2 Å². The maximum absolute atomic E-state index is 11.9. The minimum absolute atomic E-state index is 0.236. The Balaban J connectivity index is 1.14. The smallest absolute Gasteiger partial charge is 0.306 e. The summed E-state index contributed by atoms with van der Waals surface area (Å²) in [6.07, 6.45) is 6.43. The number of ether oxygens (including phenoxy) is 1. The maximum atomic E-state index is 11.9. The third-order valence-electron chi connectivity index (χ3n) is 5.26. The molecule has 6 nitrogen and oxygen atoms in total. The molecule has 3 N–H and O–H groups in total. The molecule has 154 valence electrons. The van der Waals surface area contributed by atoms with E-state index in [1.807, 2.05) is 48.8 Å². The van der Waals surface area contributed by atoms with Gasteiger partial charge >= 0.3 is 5.97 Å². The van der Waals surface area contributed by atoms with Crippen LogP contribution in [-0.2, 0) is 27.2 Å². The summed E-state index contributed by atoms with van der Waals surface area (Å²) in [5, 5.41) is 5.15. The quantitative estimate of drug-likeness (QED) is 0.371. The van der Waals surface area contributed by atoms with Gasteiger partial charge in [-0.1, -0.05) is 36.4 Å². The molecule has 0 aliphatic carbocycles. The molecule has 0 spiro atoms. The number of fused-ring (bicyclic) bond motifs is 2. The van der Waals surface area contributed by atoms with Crippen molar-refractivity contribution in [2.45, 2.75) is 25.7 Å². The number of rotatable bonds is 9. The summed E-state index contributed by atoms with van der Waals surface area (Å²) in [6.45, 7) is 0.262. The minimum Gasteiger partial charge on any atom is -0.456 e. The molecular weight excluding hydrogens is 378 g/mol. The van der Waals surface area contributed by atoms with E-state index in [1.54, 1.807) is 0 Å². The fourth-order valence-electron chi connectivity index (χ4n) is 3.71. The van der Waals surface area contributed by atoms with E-state index in [1.165, 1.54) is 10.9 Å². The molecule has 0 aliphatic heterocycles. The largest absolute Gasteiger partial charge is 0.456 e. The molecule has 4 aromatic rings. The number of esters is 1. The molecule has 0 atom stereocenters. The number of benzene rings is 2. The number of hydrogen-bond acceptors (Lipinski definition) is 3. The first-order chi connectivity index (χ1) is 14.7. The van der Waals surface area contributed by atoms with Gasteiger partial charge in [-0.05, 0) is 42.5 Å². The van der Waals surface area contributed by atoms with Crippen molar-refractivity contribution >= 4 is 33.7 Å². The lowest BCUT2D eigenvalue weighted by atomic mass is 10.1. The number of amides is 1. The highest BCUT2D eigenvalue weighted by molar-refractivity contribution is 5.84. The van der Waals surface area contributed by atoms with Crippen molar-refractivity contribution in [3.05, 3.63) is 72.1 Å². The summed E-state index contributed by atoms with van der Waals surface area (Å²) in [4.78, 5) is 30.3. The Kier molecular flexibility index (Phi) is 6.13. The van der Waals surface area contributed by atoms with Crippen LogP contribution in [0.15, 0.2) is 60.9 Å². The van der Waals surface area contributed by atoms with E-state index in [-0.39, 0.29) is 18.5 Å². The van der Waals surface area contributed by atoms with Gasteiger partial charge in [0.15, 0.2) is 6.61 Å². The highest BCUT2D eigenvalue weighted by Crippen LogP contribution is 2.19. The van der Waals surface area contributed by atoms with Crippen LogP contribution in [0.4, 0.5) is 0 Å². The molecule has 2 aromatic heterocycles. The molecule has 0 saturated heterocycles. The van der Waals surface area contributed by atoms with Crippen molar-refractivity contribution in [1.82, 2.24) is 15.3 Å². The lowest BCUT2D eigenvalue weighted by Crippen LogP contribution is -2.30. The maximum Gasteiger partial charge on any atom is 0.306 e. The minimum atomic E-state index is -0.346. The van der Waals surface area contributed by atoms with Crippen LogP contribution >= 0.6 is 0 Å². The van der Waals surface area contributed by atoms with Crippen LogP contribution in [0.3, 0.4) is 0 Å². The van der Waals surface area contributed by atoms with Gasteiger partial charge in [0.2, 0.25) is 0 Å². The number of aryl methyl sites for hydroxylation is 1. The van der Waals surface area contributed by atoms with E-state index in [9.17, 15) is 9.59 Å². The van der Waals surface area contributed by atoms with Gasteiger partial charge in [-0.25, -0.2) is 0 Å². The highest BCUT2D eigenvalue weighted by atomic mass is 16.5. The summed E-state index contributed by atoms with van der Waals surface area (Å²) in [6, 6.07) is 16.2. The SMILES string of the molecule is O=C(COC(=O)CCCc1c[nH]c2ccccc12)NCCc1c[nH]c2ccccc12. The third kappa shape index (κ3) is 4.71. The summed E-state index contributed by atoms with van der Waals surface area (Å²) < 4.78 is 5.10. The van der Waals surface area contributed by atoms with Gasteiger partial charge in [-0.15, -0.1) is 0 Å². The molecule has 0 bridgehead atoms. The molecule has 0 aliphatic rings. The van der Waals surface area contributed by atoms with E-state index >= 15 is 0 Å². The number of aromatic nitrogens is 2. The molecule has 30 heavy (non-hydrogen) atoms. The highest BCUT2D eigenvalue weighted by Gasteiger charge is 2.09. The van der Waals surface area contributed by atoms with Crippen LogP contribution in [0.1, 0.15) is 24.0 Å². The number of aromatic amines is 2. The topological polar surface area (TPSA) is 87.0 Å². The Morgan fingerprint density at radius 1 is 0.833 bits per heavy atom. The van der Waals surface area contributed by atoms with E-state index in [2.05, 4.69) is 27.4 Å². The molecule has 2 aromatic carbocycles. The average Bonchev–Trinajstić information content (AvgIpc) is 3.37. The van der Waals surface area contributed by atoms with Gasteiger partial charge in [0, 0.05) is 47.2 Å². The van der Waals surface area contributed by atoms with E-state index in [0.29, 0.717) is 25.8 Å². The number of nitrogens with one attached hydrogen (secondary N) is 3. The predicted molar refractivity (Wildman–Crippen MR) is 117 cm³/mol. The molecule has 4 rings (SSSR count).